The van der Waals surface area contributed by atoms with Crippen molar-refractivity contribution in [2.45, 2.75) is 25.8 Å². The topological polar surface area (TPSA) is 24.9 Å². The van der Waals surface area contributed by atoms with Gasteiger partial charge < -0.3 is 5.32 Å². The van der Waals surface area contributed by atoms with Crippen LogP contribution in [0.4, 0.5) is 0 Å². The second kappa shape index (κ2) is 5.08. The van der Waals surface area contributed by atoms with Crippen LogP contribution in [0.15, 0.2) is 36.4 Å². The van der Waals surface area contributed by atoms with Gasteiger partial charge in [0.25, 0.3) is 0 Å². The third kappa shape index (κ3) is 2.39. The number of para-hydroxylation sites is 1. The van der Waals surface area contributed by atoms with Gasteiger partial charge in [-0.15, -0.1) is 0 Å². The maximum absolute atomic E-state index is 4.67. The van der Waals surface area contributed by atoms with Crippen molar-refractivity contribution in [1.29, 1.82) is 0 Å². The highest BCUT2D eigenvalue weighted by molar-refractivity contribution is 5.78. The number of rotatable bonds is 4. The molecule has 0 spiro atoms. The molecule has 2 heteroatoms. The van der Waals surface area contributed by atoms with Gasteiger partial charge in [-0.05, 0) is 25.6 Å². The number of pyridine rings is 1. The molecule has 0 saturated carbocycles. The van der Waals surface area contributed by atoms with Gasteiger partial charge in [0.2, 0.25) is 0 Å². The SMILES string of the molecule is CCC(Cc1ccc2ccccc2n1)NC. The van der Waals surface area contributed by atoms with Gasteiger partial charge in [0.05, 0.1) is 5.52 Å². The van der Waals surface area contributed by atoms with Gasteiger partial charge in [0, 0.05) is 23.5 Å². The lowest BCUT2D eigenvalue weighted by atomic mass is 10.1. The number of nitrogens with zero attached hydrogens (tertiary/aromatic N) is 1. The number of nitrogens with one attached hydrogen (secondary N) is 1. The van der Waals surface area contributed by atoms with Crippen molar-refractivity contribution in [2.24, 2.45) is 0 Å². The highest BCUT2D eigenvalue weighted by atomic mass is 14.9. The molecule has 0 amide bonds. The van der Waals surface area contributed by atoms with E-state index in [0.29, 0.717) is 6.04 Å². The molecule has 1 unspecified atom stereocenters. The molecule has 0 aliphatic heterocycles. The highest BCUT2D eigenvalue weighted by Crippen LogP contribution is 2.13. The first-order chi connectivity index (χ1) is 7.83. The largest absolute Gasteiger partial charge is 0.317 e. The second-order valence-electron chi connectivity index (χ2n) is 4.09. The summed E-state index contributed by atoms with van der Waals surface area (Å²) in [6.45, 7) is 2.20. The Morgan fingerprint density at radius 3 is 2.75 bits per heavy atom. The van der Waals surface area contributed by atoms with Crippen molar-refractivity contribution < 1.29 is 0 Å². The molecule has 16 heavy (non-hydrogen) atoms. The van der Waals surface area contributed by atoms with Crippen LogP contribution < -0.4 is 5.32 Å². The zero-order valence-electron chi connectivity index (χ0n) is 9.90. The van der Waals surface area contributed by atoms with Crippen LogP contribution in [0.25, 0.3) is 10.9 Å². The van der Waals surface area contributed by atoms with E-state index in [4.69, 9.17) is 0 Å². The Bertz CT molecular complexity index is 461. The number of aromatic nitrogens is 1. The number of hydrogen-bond acceptors (Lipinski definition) is 2. The van der Waals surface area contributed by atoms with Gasteiger partial charge in [-0.25, -0.2) is 0 Å². The van der Waals surface area contributed by atoms with Crippen molar-refractivity contribution in [3.8, 4) is 0 Å². The Hall–Kier alpha value is -1.41. The van der Waals surface area contributed by atoms with E-state index in [9.17, 15) is 0 Å². The molecule has 1 aromatic heterocycles. The Morgan fingerprint density at radius 2 is 2.00 bits per heavy atom. The van der Waals surface area contributed by atoms with E-state index in [-0.39, 0.29) is 0 Å². The van der Waals surface area contributed by atoms with Crippen molar-refractivity contribution in [3.63, 3.8) is 0 Å². The van der Waals surface area contributed by atoms with E-state index < -0.39 is 0 Å². The normalized spacial score (nSPS) is 12.9. The van der Waals surface area contributed by atoms with Gasteiger partial charge in [0.1, 0.15) is 0 Å². The molecule has 84 valence electrons. The van der Waals surface area contributed by atoms with Gasteiger partial charge >= 0.3 is 0 Å². The van der Waals surface area contributed by atoms with E-state index in [2.05, 4.69) is 41.5 Å². The molecule has 1 heterocycles. The third-order valence-corrected chi connectivity index (χ3v) is 3.01. The summed E-state index contributed by atoms with van der Waals surface area (Å²) in [7, 11) is 2.01. The fourth-order valence-corrected chi connectivity index (χ4v) is 1.92. The van der Waals surface area contributed by atoms with E-state index in [1.165, 1.54) is 11.1 Å². The van der Waals surface area contributed by atoms with E-state index in [0.717, 1.165) is 18.4 Å². The molecule has 1 atom stereocenters. The van der Waals surface area contributed by atoms with Crippen LogP contribution in [0.3, 0.4) is 0 Å². The molecule has 0 saturated heterocycles. The Morgan fingerprint density at radius 1 is 1.19 bits per heavy atom. The zero-order chi connectivity index (χ0) is 11.4. The molecule has 1 N–H and O–H groups in total. The van der Waals surface area contributed by atoms with Crippen LogP contribution >= 0.6 is 0 Å². The molecule has 0 aliphatic carbocycles. The summed E-state index contributed by atoms with van der Waals surface area (Å²) >= 11 is 0. The number of fused-ring (bicyclic) bond motifs is 1. The molecule has 2 rings (SSSR count). The molecule has 0 aliphatic rings. The number of likely N-dealkylation sites (N-methyl/N-ethyl adjacent to an activating group) is 1. The van der Waals surface area contributed by atoms with Crippen LogP contribution in [0.1, 0.15) is 19.0 Å². The van der Waals surface area contributed by atoms with Gasteiger partial charge in [-0.1, -0.05) is 31.2 Å². The van der Waals surface area contributed by atoms with Gasteiger partial charge in [-0.3, -0.25) is 4.98 Å². The molecule has 0 bridgehead atoms. The van der Waals surface area contributed by atoms with Crippen molar-refractivity contribution >= 4 is 10.9 Å². The Kier molecular flexibility index (Phi) is 3.52. The first kappa shape index (κ1) is 11.1. The van der Waals surface area contributed by atoms with Crippen LogP contribution in [0, 0.1) is 0 Å². The predicted octanol–water partition coefficient (Wildman–Crippen LogP) is 2.78. The van der Waals surface area contributed by atoms with Crippen LogP contribution in [-0.4, -0.2) is 18.1 Å². The average molecular weight is 214 g/mol. The lowest BCUT2D eigenvalue weighted by molar-refractivity contribution is 0.538. The summed E-state index contributed by atoms with van der Waals surface area (Å²) in [6, 6.07) is 13.1. The summed E-state index contributed by atoms with van der Waals surface area (Å²) < 4.78 is 0. The molecule has 1 aromatic carbocycles. The Labute approximate surface area is 96.7 Å². The smallest absolute Gasteiger partial charge is 0.0705 e. The summed E-state index contributed by atoms with van der Waals surface area (Å²) in [5.41, 5.74) is 2.26. The maximum Gasteiger partial charge on any atom is 0.0705 e. The molecule has 0 fully saturated rings. The quantitative estimate of drug-likeness (QED) is 0.846. The van der Waals surface area contributed by atoms with Crippen molar-refractivity contribution in [2.75, 3.05) is 7.05 Å². The number of benzene rings is 1. The van der Waals surface area contributed by atoms with E-state index in [1.807, 2.05) is 19.2 Å². The maximum atomic E-state index is 4.67. The first-order valence-corrected chi connectivity index (χ1v) is 5.85. The molecule has 2 aromatic rings. The molecule has 2 nitrogen and oxygen atoms in total. The predicted molar refractivity (Wildman–Crippen MR) is 68.6 cm³/mol. The zero-order valence-corrected chi connectivity index (χ0v) is 9.90. The van der Waals surface area contributed by atoms with E-state index in [1.54, 1.807) is 0 Å². The standard InChI is InChI=1S/C14H18N2/c1-3-12(15-2)10-13-9-8-11-6-4-5-7-14(11)16-13/h4-9,12,15H,3,10H2,1-2H3. The third-order valence-electron chi connectivity index (χ3n) is 3.01. The first-order valence-electron chi connectivity index (χ1n) is 5.85. The molecule has 0 radical (unpaired) electrons. The fraction of sp³-hybridized carbons (Fsp3) is 0.357. The van der Waals surface area contributed by atoms with Crippen LogP contribution in [-0.2, 0) is 6.42 Å². The van der Waals surface area contributed by atoms with Gasteiger partial charge in [-0.2, -0.15) is 0 Å². The molecular formula is C14H18N2. The lowest BCUT2D eigenvalue weighted by Gasteiger charge is -2.13. The minimum absolute atomic E-state index is 0.522. The minimum Gasteiger partial charge on any atom is -0.317 e. The van der Waals surface area contributed by atoms with Crippen molar-refractivity contribution in [3.05, 3.63) is 42.1 Å². The summed E-state index contributed by atoms with van der Waals surface area (Å²) in [6.07, 6.45) is 2.13. The average Bonchev–Trinajstić information content (AvgIpc) is 2.35. The summed E-state index contributed by atoms with van der Waals surface area (Å²) in [5.74, 6) is 0. The summed E-state index contributed by atoms with van der Waals surface area (Å²) in [4.78, 5) is 4.67. The molecular weight excluding hydrogens is 196 g/mol. The van der Waals surface area contributed by atoms with Crippen LogP contribution in [0.2, 0.25) is 0 Å². The second-order valence-corrected chi connectivity index (χ2v) is 4.09. The number of hydrogen-bond donors (Lipinski definition) is 1. The van der Waals surface area contributed by atoms with Crippen molar-refractivity contribution in [1.82, 2.24) is 10.3 Å². The minimum atomic E-state index is 0.522. The van der Waals surface area contributed by atoms with Crippen LogP contribution in [0.5, 0.6) is 0 Å². The Balaban J connectivity index is 2.25. The van der Waals surface area contributed by atoms with Gasteiger partial charge in [0.15, 0.2) is 0 Å². The fourth-order valence-electron chi connectivity index (χ4n) is 1.92. The lowest BCUT2D eigenvalue weighted by Crippen LogP contribution is -2.26. The monoisotopic (exact) mass is 214 g/mol. The van der Waals surface area contributed by atoms with E-state index >= 15 is 0 Å². The highest BCUT2D eigenvalue weighted by Gasteiger charge is 2.05. The summed E-state index contributed by atoms with van der Waals surface area (Å²) in [5, 5.41) is 4.52.